The number of rotatable bonds is 6. The number of nitrogens with two attached hydrogens (primary N) is 1. The van der Waals surface area contributed by atoms with Gasteiger partial charge in [0.15, 0.2) is 0 Å². The van der Waals surface area contributed by atoms with Crippen molar-refractivity contribution in [2.75, 3.05) is 5.73 Å². The molecular weight excluding hydrogens is 476 g/mol. The van der Waals surface area contributed by atoms with Crippen molar-refractivity contribution >= 4 is 61.8 Å². The summed E-state index contributed by atoms with van der Waals surface area (Å²) in [6.45, 7) is 0.484. The molecule has 5 rings (SSSR count). The lowest BCUT2D eigenvalue weighted by molar-refractivity contribution is -0.136. The van der Waals surface area contributed by atoms with Crippen LogP contribution in [0.5, 0.6) is 0 Å². The summed E-state index contributed by atoms with van der Waals surface area (Å²) in [5, 5.41) is 23.5. The summed E-state index contributed by atoms with van der Waals surface area (Å²) in [6, 6.07) is 11.0. The summed E-state index contributed by atoms with van der Waals surface area (Å²) in [5.74, 6) is -2.14. The molecule has 0 unspecified atom stereocenters. The van der Waals surface area contributed by atoms with Crippen LogP contribution in [0.1, 0.15) is 21.5 Å². The third-order valence-electron chi connectivity index (χ3n) is 5.57. The van der Waals surface area contributed by atoms with E-state index in [2.05, 4.69) is 15.3 Å². The molecule has 34 heavy (non-hydrogen) atoms. The molecule has 8 nitrogen and oxygen atoms in total. The van der Waals surface area contributed by atoms with E-state index in [9.17, 15) is 19.8 Å². The maximum atomic E-state index is 11.7. The Balaban J connectivity index is 1.68. The molecule has 0 aliphatic carbocycles. The fourth-order valence-corrected chi connectivity index (χ4v) is 5.19. The monoisotopic (exact) mass is 492 g/mol. The van der Waals surface area contributed by atoms with Crippen LogP contribution >= 0.6 is 22.9 Å². The van der Waals surface area contributed by atoms with Crippen molar-refractivity contribution in [3.63, 3.8) is 0 Å². The minimum atomic E-state index is -1.17. The maximum Gasteiger partial charge on any atom is 0.339 e. The number of fused-ring (bicyclic) bond motifs is 2. The predicted molar refractivity (Wildman–Crippen MR) is 132 cm³/mol. The number of carboxylic acids is 2. The number of aromatic carboxylic acids is 1. The smallest absolute Gasteiger partial charge is 0.339 e. The van der Waals surface area contributed by atoms with Crippen molar-refractivity contribution in [1.82, 2.24) is 14.5 Å². The Morgan fingerprint density at radius 3 is 2.68 bits per heavy atom. The summed E-state index contributed by atoms with van der Waals surface area (Å²) in [4.78, 5) is 31.2. The summed E-state index contributed by atoms with van der Waals surface area (Å²) < 4.78 is 3.06. The highest BCUT2D eigenvalue weighted by Gasteiger charge is 2.18. The van der Waals surface area contributed by atoms with Gasteiger partial charge in [0.2, 0.25) is 5.95 Å². The SMILES string of the molecule is Nc1ncc(C(=O)O)c(-c2ccc3c(CC(=O)O)cn(Cc4csc5ccc(Cl)cc45)c3c2)n1. The van der Waals surface area contributed by atoms with Crippen molar-refractivity contribution < 1.29 is 19.8 Å². The number of benzene rings is 2. The second-order valence-electron chi connectivity index (χ2n) is 7.78. The third-order valence-corrected chi connectivity index (χ3v) is 6.82. The van der Waals surface area contributed by atoms with Crippen LogP contribution in [-0.2, 0) is 17.8 Å². The predicted octanol–water partition coefficient (Wildman–Crippen LogP) is 4.92. The molecule has 0 aliphatic heterocycles. The average molecular weight is 493 g/mol. The van der Waals surface area contributed by atoms with Crippen molar-refractivity contribution in [1.29, 1.82) is 0 Å². The molecule has 5 aromatic rings. The number of nitrogen functional groups attached to an aromatic ring is 1. The van der Waals surface area contributed by atoms with Crippen LogP contribution in [0.2, 0.25) is 5.02 Å². The topological polar surface area (TPSA) is 131 Å². The molecule has 0 radical (unpaired) electrons. The van der Waals surface area contributed by atoms with Gasteiger partial charge in [-0.1, -0.05) is 23.7 Å². The molecule has 0 fully saturated rings. The van der Waals surface area contributed by atoms with Gasteiger partial charge in [0.25, 0.3) is 0 Å². The fraction of sp³-hybridized carbons (Fsp3) is 0.0833. The van der Waals surface area contributed by atoms with Crippen LogP contribution in [0, 0.1) is 0 Å². The second kappa shape index (κ2) is 8.44. The fourth-order valence-electron chi connectivity index (χ4n) is 4.08. The second-order valence-corrected chi connectivity index (χ2v) is 9.13. The molecule has 0 amide bonds. The largest absolute Gasteiger partial charge is 0.481 e. The van der Waals surface area contributed by atoms with Crippen LogP contribution in [0.4, 0.5) is 5.95 Å². The first-order valence-electron chi connectivity index (χ1n) is 10.2. The van der Waals surface area contributed by atoms with E-state index in [1.165, 1.54) is 6.20 Å². The number of hydrogen-bond donors (Lipinski definition) is 3. The maximum absolute atomic E-state index is 11.7. The molecule has 0 spiro atoms. The molecule has 3 aromatic heterocycles. The third kappa shape index (κ3) is 3.95. The molecule has 4 N–H and O–H groups in total. The number of carbonyl (C=O) groups is 2. The molecule has 3 heterocycles. The highest BCUT2D eigenvalue weighted by atomic mass is 35.5. The Labute approximate surface area is 201 Å². The number of nitrogens with zero attached hydrogens (tertiary/aromatic N) is 3. The number of anilines is 1. The zero-order valence-electron chi connectivity index (χ0n) is 17.5. The average Bonchev–Trinajstić information content (AvgIpc) is 3.34. The number of aromatic nitrogens is 3. The first kappa shape index (κ1) is 21.9. The van der Waals surface area contributed by atoms with Gasteiger partial charge in [-0.25, -0.2) is 14.8 Å². The quantitative estimate of drug-likeness (QED) is 0.306. The first-order valence-corrected chi connectivity index (χ1v) is 11.4. The van der Waals surface area contributed by atoms with Gasteiger partial charge in [0, 0.05) is 45.1 Å². The van der Waals surface area contributed by atoms with Gasteiger partial charge >= 0.3 is 11.9 Å². The summed E-state index contributed by atoms with van der Waals surface area (Å²) in [7, 11) is 0. The van der Waals surface area contributed by atoms with E-state index in [0.29, 0.717) is 22.7 Å². The van der Waals surface area contributed by atoms with Gasteiger partial charge in [0.05, 0.1) is 12.1 Å². The number of thiophene rings is 1. The molecule has 10 heteroatoms. The molecule has 0 saturated heterocycles. The Hall–Kier alpha value is -3.95. The Bertz CT molecular complexity index is 1610. The van der Waals surface area contributed by atoms with Crippen LogP contribution in [0.3, 0.4) is 0 Å². The molecule has 0 atom stereocenters. The van der Waals surface area contributed by atoms with E-state index < -0.39 is 11.9 Å². The summed E-state index contributed by atoms with van der Waals surface area (Å²) in [5.41, 5.74) is 8.85. The van der Waals surface area contributed by atoms with Crippen molar-refractivity contribution in [3.8, 4) is 11.3 Å². The molecule has 0 aliphatic rings. The van der Waals surface area contributed by atoms with E-state index in [1.807, 2.05) is 29.0 Å². The highest BCUT2D eigenvalue weighted by molar-refractivity contribution is 7.17. The van der Waals surface area contributed by atoms with Gasteiger partial charge in [-0.15, -0.1) is 11.3 Å². The van der Waals surface area contributed by atoms with E-state index in [1.54, 1.807) is 29.5 Å². The number of halogens is 1. The zero-order valence-corrected chi connectivity index (χ0v) is 19.1. The van der Waals surface area contributed by atoms with E-state index in [0.717, 1.165) is 26.6 Å². The van der Waals surface area contributed by atoms with Crippen molar-refractivity contribution in [2.45, 2.75) is 13.0 Å². The van der Waals surface area contributed by atoms with Crippen LogP contribution in [0.25, 0.3) is 32.2 Å². The van der Waals surface area contributed by atoms with E-state index >= 15 is 0 Å². The van der Waals surface area contributed by atoms with Crippen molar-refractivity contribution in [3.05, 3.63) is 75.9 Å². The number of carboxylic acid groups (broad SMARTS) is 2. The van der Waals surface area contributed by atoms with Gasteiger partial charge in [-0.3, -0.25) is 4.79 Å². The Morgan fingerprint density at radius 1 is 1.09 bits per heavy atom. The van der Waals surface area contributed by atoms with Gasteiger partial charge in [0.1, 0.15) is 5.56 Å². The van der Waals surface area contributed by atoms with E-state index in [4.69, 9.17) is 17.3 Å². The lowest BCUT2D eigenvalue weighted by Crippen LogP contribution is -2.06. The number of aliphatic carboxylic acids is 1. The zero-order chi connectivity index (χ0) is 24.0. The molecule has 0 bridgehead atoms. The molecule has 170 valence electrons. The summed E-state index contributed by atoms with van der Waals surface area (Å²) >= 11 is 7.82. The molecule has 0 saturated carbocycles. The molecule has 2 aromatic carbocycles. The normalized spacial score (nSPS) is 11.3. The van der Waals surface area contributed by atoms with Crippen LogP contribution in [0.15, 0.2) is 54.2 Å². The van der Waals surface area contributed by atoms with Gasteiger partial charge in [-0.2, -0.15) is 0 Å². The van der Waals surface area contributed by atoms with Gasteiger partial charge in [-0.05, 0) is 46.2 Å². The standard InChI is InChI=1S/C24H17ClN4O4S/c25-15-2-4-20-17(7-15)14(11-34-20)10-29-9-13(6-21(30)31)16-3-1-12(5-19(16)29)22-18(23(32)33)8-27-24(26)28-22/h1-5,7-9,11H,6,10H2,(H,30,31)(H,32,33)(H2,26,27,28). The summed E-state index contributed by atoms with van der Waals surface area (Å²) in [6.07, 6.45) is 2.86. The Kier molecular flexibility index (Phi) is 5.43. The number of hydrogen-bond acceptors (Lipinski definition) is 6. The lowest BCUT2D eigenvalue weighted by Gasteiger charge is -2.09. The van der Waals surface area contributed by atoms with E-state index in [-0.39, 0.29) is 23.6 Å². The first-order chi connectivity index (χ1) is 16.3. The van der Waals surface area contributed by atoms with Crippen LogP contribution in [-0.4, -0.2) is 36.7 Å². The van der Waals surface area contributed by atoms with Crippen molar-refractivity contribution in [2.24, 2.45) is 0 Å². The lowest BCUT2D eigenvalue weighted by atomic mass is 10.0. The molecular formula is C24H17ClN4O4S. The minimum Gasteiger partial charge on any atom is -0.481 e. The minimum absolute atomic E-state index is 0.0383. The highest BCUT2D eigenvalue weighted by Crippen LogP contribution is 2.33. The van der Waals surface area contributed by atoms with Gasteiger partial charge < -0.3 is 20.5 Å². The Morgan fingerprint density at radius 2 is 1.91 bits per heavy atom. The van der Waals surface area contributed by atoms with Crippen LogP contribution < -0.4 is 5.73 Å².